The summed E-state index contributed by atoms with van der Waals surface area (Å²) in [6, 6.07) is 14.6. The third-order valence-corrected chi connectivity index (χ3v) is 4.10. The van der Waals surface area contributed by atoms with Gasteiger partial charge in [-0.25, -0.2) is 4.79 Å². The van der Waals surface area contributed by atoms with Crippen LogP contribution in [0.15, 0.2) is 54.6 Å². The highest BCUT2D eigenvalue weighted by atomic mass is 16.5. The number of hydrogen-bond acceptors (Lipinski definition) is 5. The molecule has 0 unspecified atom stereocenters. The molecule has 7 nitrogen and oxygen atoms in total. The van der Waals surface area contributed by atoms with Crippen LogP contribution >= 0.6 is 0 Å². The van der Waals surface area contributed by atoms with Crippen LogP contribution in [0.3, 0.4) is 0 Å². The zero-order chi connectivity index (χ0) is 21.9. The Morgan fingerprint density at radius 1 is 1.07 bits per heavy atom. The van der Waals surface area contributed by atoms with Crippen molar-refractivity contribution in [2.24, 2.45) is 0 Å². The first kappa shape index (κ1) is 22.7. The lowest BCUT2D eigenvalue weighted by Gasteiger charge is -2.16. The van der Waals surface area contributed by atoms with Gasteiger partial charge in [0.2, 0.25) is 5.91 Å². The number of carbonyl (C=O) groups excluding carboxylic acids is 3. The van der Waals surface area contributed by atoms with E-state index in [1.807, 2.05) is 38.1 Å². The average Bonchev–Trinajstić information content (AvgIpc) is 2.73. The molecule has 0 aliphatic carbocycles. The van der Waals surface area contributed by atoms with Gasteiger partial charge in [-0.3, -0.25) is 9.59 Å². The molecule has 30 heavy (non-hydrogen) atoms. The van der Waals surface area contributed by atoms with E-state index in [0.717, 1.165) is 11.1 Å². The first-order valence-electron chi connectivity index (χ1n) is 9.56. The summed E-state index contributed by atoms with van der Waals surface area (Å²) in [6.45, 7) is 3.73. The highest BCUT2D eigenvalue weighted by Gasteiger charge is 2.14. The van der Waals surface area contributed by atoms with Crippen LogP contribution < -0.4 is 10.1 Å². The molecular formula is C23H26N2O5. The largest absolute Gasteiger partial charge is 0.493 e. The van der Waals surface area contributed by atoms with E-state index >= 15 is 0 Å². The number of ether oxygens (including phenoxy) is 2. The predicted octanol–water partition coefficient (Wildman–Crippen LogP) is 3.05. The van der Waals surface area contributed by atoms with E-state index in [1.165, 1.54) is 18.0 Å². The van der Waals surface area contributed by atoms with Crippen LogP contribution in [0.1, 0.15) is 18.1 Å². The van der Waals surface area contributed by atoms with Crippen molar-refractivity contribution in [1.82, 2.24) is 4.90 Å². The number of anilines is 1. The zero-order valence-corrected chi connectivity index (χ0v) is 17.4. The van der Waals surface area contributed by atoms with Crippen LogP contribution in [-0.4, -0.2) is 49.5 Å². The number of carbonyl (C=O) groups is 3. The maximum absolute atomic E-state index is 12.1. The van der Waals surface area contributed by atoms with Crippen LogP contribution in [0.2, 0.25) is 0 Å². The quantitative estimate of drug-likeness (QED) is 0.507. The van der Waals surface area contributed by atoms with Gasteiger partial charge < -0.3 is 19.7 Å². The summed E-state index contributed by atoms with van der Waals surface area (Å²) in [6.07, 6.45) is 2.80. The van der Waals surface area contributed by atoms with Crippen LogP contribution in [0.25, 0.3) is 6.08 Å². The van der Waals surface area contributed by atoms with Gasteiger partial charge in [-0.15, -0.1) is 0 Å². The van der Waals surface area contributed by atoms with Gasteiger partial charge in [0.05, 0.1) is 13.2 Å². The standard InChI is InChI=1S/C23H26N2O5/c1-4-29-20-8-6-5-7-18(20)11-14-23(28)30-16-22(27)25(3)15-21(26)24-19-12-9-17(2)10-13-19/h5-14H,4,15-16H2,1-3H3,(H,24,26)/b14-11+. The second kappa shape index (κ2) is 11.4. The summed E-state index contributed by atoms with van der Waals surface area (Å²) in [7, 11) is 1.47. The van der Waals surface area contributed by atoms with Crippen molar-refractivity contribution in [3.8, 4) is 5.75 Å². The van der Waals surface area contributed by atoms with Gasteiger partial charge in [-0.2, -0.15) is 0 Å². The topological polar surface area (TPSA) is 84.9 Å². The van der Waals surface area contributed by atoms with Gasteiger partial charge in [-0.1, -0.05) is 35.9 Å². The molecule has 1 N–H and O–H groups in total. The first-order valence-corrected chi connectivity index (χ1v) is 9.56. The lowest BCUT2D eigenvalue weighted by Crippen LogP contribution is -2.37. The highest BCUT2D eigenvalue weighted by molar-refractivity contribution is 5.95. The second-order valence-corrected chi connectivity index (χ2v) is 6.58. The second-order valence-electron chi connectivity index (χ2n) is 6.58. The summed E-state index contributed by atoms with van der Waals surface area (Å²) in [5, 5.41) is 2.71. The van der Waals surface area contributed by atoms with Crippen molar-refractivity contribution in [2.75, 3.05) is 32.1 Å². The number of rotatable bonds is 9. The average molecular weight is 410 g/mol. The summed E-state index contributed by atoms with van der Waals surface area (Å²) < 4.78 is 10.5. The lowest BCUT2D eigenvalue weighted by molar-refractivity contribution is -0.148. The molecule has 158 valence electrons. The van der Waals surface area contributed by atoms with E-state index in [-0.39, 0.29) is 12.5 Å². The molecular weight excluding hydrogens is 384 g/mol. The third kappa shape index (κ3) is 7.43. The molecule has 0 heterocycles. The van der Waals surface area contributed by atoms with E-state index in [1.54, 1.807) is 30.3 Å². The Bertz CT molecular complexity index is 906. The fourth-order valence-corrected chi connectivity index (χ4v) is 2.50. The smallest absolute Gasteiger partial charge is 0.331 e. The molecule has 0 aliphatic rings. The van der Waals surface area contributed by atoms with Crippen molar-refractivity contribution >= 4 is 29.5 Å². The number of esters is 1. The lowest BCUT2D eigenvalue weighted by atomic mass is 10.2. The molecule has 2 aromatic rings. The number of nitrogens with one attached hydrogen (secondary N) is 1. The molecule has 2 amide bonds. The van der Waals surface area contributed by atoms with Gasteiger partial charge in [0.1, 0.15) is 5.75 Å². The Hall–Kier alpha value is -3.61. The first-order chi connectivity index (χ1) is 14.4. The number of likely N-dealkylation sites (N-methyl/N-ethyl adjacent to an activating group) is 1. The Morgan fingerprint density at radius 3 is 2.47 bits per heavy atom. The molecule has 0 saturated heterocycles. The van der Waals surface area contributed by atoms with Gasteiger partial charge in [0.15, 0.2) is 6.61 Å². The summed E-state index contributed by atoms with van der Waals surface area (Å²) >= 11 is 0. The molecule has 0 atom stereocenters. The molecule has 0 fully saturated rings. The maximum Gasteiger partial charge on any atom is 0.331 e. The van der Waals surface area contributed by atoms with Crippen molar-refractivity contribution in [1.29, 1.82) is 0 Å². The van der Waals surface area contributed by atoms with E-state index in [4.69, 9.17) is 9.47 Å². The molecule has 0 spiro atoms. The van der Waals surface area contributed by atoms with Gasteiger partial charge >= 0.3 is 5.97 Å². The predicted molar refractivity (Wildman–Crippen MR) is 115 cm³/mol. The van der Waals surface area contributed by atoms with Crippen LogP contribution in [-0.2, 0) is 19.1 Å². The maximum atomic E-state index is 12.1. The minimum atomic E-state index is -0.660. The molecule has 2 rings (SSSR count). The number of nitrogens with zero attached hydrogens (tertiary/aromatic N) is 1. The number of para-hydroxylation sites is 1. The van der Waals surface area contributed by atoms with E-state index < -0.39 is 18.5 Å². The summed E-state index contributed by atoms with van der Waals surface area (Å²) in [4.78, 5) is 37.3. The van der Waals surface area contributed by atoms with Crippen molar-refractivity contribution < 1.29 is 23.9 Å². The number of aryl methyl sites for hydroxylation is 1. The fraction of sp³-hybridized carbons (Fsp3) is 0.261. The molecule has 0 saturated carbocycles. The molecule has 0 radical (unpaired) electrons. The van der Waals surface area contributed by atoms with Crippen molar-refractivity contribution in [3.63, 3.8) is 0 Å². The van der Waals surface area contributed by atoms with Gasteiger partial charge in [0.25, 0.3) is 5.91 Å². The zero-order valence-electron chi connectivity index (χ0n) is 17.4. The Morgan fingerprint density at radius 2 is 1.77 bits per heavy atom. The minimum Gasteiger partial charge on any atom is -0.493 e. The number of benzene rings is 2. The van der Waals surface area contributed by atoms with Crippen LogP contribution in [0.5, 0.6) is 5.75 Å². The van der Waals surface area contributed by atoms with E-state index in [0.29, 0.717) is 18.0 Å². The molecule has 7 heteroatoms. The van der Waals surface area contributed by atoms with E-state index in [2.05, 4.69) is 5.32 Å². The monoisotopic (exact) mass is 410 g/mol. The van der Waals surface area contributed by atoms with Crippen molar-refractivity contribution in [3.05, 3.63) is 65.7 Å². The fourth-order valence-electron chi connectivity index (χ4n) is 2.50. The Labute approximate surface area is 176 Å². The highest BCUT2D eigenvalue weighted by Crippen LogP contribution is 2.19. The van der Waals surface area contributed by atoms with Gasteiger partial charge in [-0.05, 0) is 38.1 Å². The normalized spacial score (nSPS) is 10.5. The molecule has 0 bridgehead atoms. The third-order valence-electron chi connectivity index (χ3n) is 4.10. The SMILES string of the molecule is CCOc1ccccc1/C=C/C(=O)OCC(=O)N(C)CC(=O)Nc1ccc(C)cc1. The minimum absolute atomic E-state index is 0.151. The van der Waals surface area contributed by atoms with Crippen molar-refractivity contribution in [2.45, 2.75) is 13.8 Å². The Kier molecular flexibility index (Phi) is 8.62. The number of hydrogen-bond donors (Lipinski definition) is 1. The van der Waals surface area contributed by atoms with Gasteiger partial charge in [0, 0.05) is 24.4 Å². The molecule has 0 aliphatic heterocycles. The molecule has 2 aromatic carbocycles. The summed E-state index contributed by atoms with van der Waals surface area (Å²) in [5.74, 6) is -0.828. The summed E-state index contributed by atoms with van der Waals surface area (Å²) in [5.41, 5.74) is 2.46. The van der Waals surface area contributed by atoms with Crippen LogP contribution in [0.4, 0.5) is 5.69 Å². The Balaban J connectivity index is 1.79. The van der Waals surface area contributed by atoms with Crippen LogP contribution in [0, 0.1) is 6.92 Å². The molecule has 0 aromatic heterocycles. The number of amides is 2. The van der Waals surface area contributed by atoms with E-state index in [9.17, 15) is 14.4 Å².